The van der Waals surface area contributed by atoms with E-state index in [1.54, 1.807) is 18.5 Å². The first-order valence-corrected chi connectivity index (χ1v) is 13.0. The lowest BCUT2D eigenvalue weighted by Gasteiger charge is -2.46. The van der Waals surface area contributed by atoms with Crippen LogP contribution in [0.3, 0.4) is 0 Å². The van der Waals surface area contributed by atoms with E-state index < -0.39 is 5.60 Å². The van der Waals surface area contributed by atoms with Crippen molar-refractivity contribution in [3.63, 3.8) is 0 Å². The third kappa shape index (κ3) is 4.46. The average molecular weight is 506 g/mol. The Hall–Kier alpha value is -3.45. The van der Waals surface area contributed by atoms with Crippen molar-refractivity contribution in [1.82, 2.24) is 19.9 Å². The van der Waals surface area contributed by atoms with Crippen molar-refractivity contribution in [1.29, 1.82) is 5.26 Å². The molecule has 5 rings (SSSR count). The first kappa shape index (κ1) is 25.2. The van der Waals surface area contributed by atoms with Crippen LogP contribution < -0.4 is 9.80 Å². The van der Waals surface area contributed by atoms with E-state index in [4.69, 9.17) is 14.7 Å². The molecule has 1 amide bonds. The molecule has 0 bridgehead atoms. The minimum absolute atomic E-state index is 0.0370. The molecule has 1 aliphatic carbocycles. The number of aromatic nitrogens is 3. The topological polar surface area (TPSA) is 119 Å². The normalized spacial score (nSPS) is 22.5. The molecular weight excluding hydrogens is 470 g/mol. The van der Waals surface area contributed by atoms with Gasteiger partial charge in [0.25, 0.3) is 0 Å². The summed E-state index contributed by atoms with van der Waals surface area (Å²) in [7, 11) is 0. The van der Waals surface area contributed by atoms with E-state index in [9.17, 15) is 15.2 Å². The van der Waals surface area contributed by atoms with E-state index in [0.29, 0.717) is 36.7 Å². The Morgan fingerprint density at radius 2 is 1.92 bits per heavy atom. The highest BCUT2D eigenvalue weighted by molar-refractivity contribution is 5.75. The number of carbonyl (C=O) groups excluding carboxylic acids is 1. The molecule has 2 aromatic heterocycles. The van der Waals surface area contributed by atoms with Crippen molar-refractivity contribution < 1.29 is 14.6 Å². The number of piperazine rings is 1. The SMILES string of the molecule is C[C@@H]1CN(c2ncnc3c2C2(CCC2)CN3c2cc(C#N)cc(CO)n2)[C@@H](C)CN1C(=O)OC(C)(C)C. The molecule has 2 aliphatic heterocycles. The molecular formula is C27H35N7O3. The van der Waals surface area contributed by atoms with Gasteiger partial charge in [-0.1, -0.05) is 6.42 Å². The lowest BCUT2D eigenvalue weighted by atomic mass is 9.66. The van der Waals surface area contributed by atoms with Crippen LogP contribution in [0.25, 0.3) is 0 Å². The fourth-order valence-electron chi connectivity index (χ4n) is 5.77. The Morgan fingerprint density at radius 3 is 2.54 bits per heavy atom. The third-order valence-electron chi connectivity index (χ3n) is 7.68. The van der Waals surface area contributed by atoms with Crippen LogP contribution in [-0.2, 0) is 16.8 Å². The molecule has 2 aromatic rings. The highest BCUT2D eigenvalue weighted by atomic mass is 16.6. The van der Waals surface area contributed by atoms with E-state index >= 15 is 0 Å². The van der Waals surface area contributed by atoms with E-state index in [0.717, 1.165) is 36.5 Å². The van der Waals surface area contributed by atoms with Crippen LogP contribution in [0.4, 0.5) is 22.2 Å². The largest absolute Gasteiger partial charge is 0.444 e. The fourth-order valence-corrected chi connectivity index (χ4v) is 5.77. The Labute approximate surface area is 217 Å². The summed E-state index contributed by atoms with van der Waals surface area (Å²) in [6.07, 6.45) is 4.50. The number of hydrogen-bond donors (Lipinski definition) is 1. The summed E-state index contributed by atoms with van der Waals surface area (Å²) in [6.45, 7) is 11.5. The van der Waals surface area contributed by atoms with Crippen LogP contribution in [0, 0.1) is 11.3 Å². The molecule has 0 aromatic carbocycles. The van der Waals surface area contributed by atoms with Crippen LogP contribution >= 0.6 is 0 Å². The molecule has 2 fully saturated rings. The zero-order valence-electron chi connectivity index (χ0n) is 22.2. The molecule has 10 nitrogen and oxygen atoms in total. The number of aliphatic hydroxyl groups is 1. The third-order valence-corrected chi connectivity index (χ3v) is 7.68. The van der Waals surface area contributed by atoms with Crippen molar-refractivity contribution in [3.8, 4) is 6.07 Å². The monoisotopic (exact) mass is 505 g/mol. The van der Waals surface area contributed by atoms with Crippen LogP contribution in [0.1, 0.15) is 70.7 Å². The van der Waals surface area contributed by atoms with E-state index in [1.165, 1.54) is 0 Å². The number of nitriles is 1. The van der Waals surface area contributed by atoms with Gasteiger partial charge in [-0.2, -0.15) is 5.26 Å². The van der Waals surface area contributed by atoms with Crippen molar-refractivity contribution in [2.24, 2.45) is 0 Å². The Morgan fingerprint density at radius 1 is 1.19 bits per heavy atom. The molecule has 1 spiro atoms. The van der Waals surface area contributed by atoms with Gasteiger partial charge in [0.1, 0.15) is 29.4 Å². The highest BCUT2D eigenvalue weighted by Crippen LogP contribution is 2.56. The van der Waals surface area contributed by atoms with Crippen molar-refractivity contribution in [3.05, 3.63) is 35.3 Å². The number of fused-ring (bicyclic) bond motifs is 2. The minimum atomic E-state index is -0.544. The lowest BCUT2D eigenvalue weighted by molar-refractivity contribution is 0.0129. The second-order valence-electron chi connectivity index (χ2n) is 11.6. The smallest absolute Gasteiger partial charge is 0.410 e. The van der Waals surface area contributed by atoms with Gasteiger partial charge in [-0.3, -0.25) is 0 Å². The number of ether oxygens (including phenoxy) is 1. The molecule has 3 aliphatic rings. The summed E-state index contributed by atoms with van der Waals surface area (Å²) in [5.41, 5.74) is 1.42. The number of rotatable bonds is 3. The first-order valence-electron chi connectivity index (χ1n) is 13.0. The Bertz CT molecular complexity index is 1250. The molecule has 0 radical (unpaired) electrons. The summed E-state index contributed by atoms with van der Waals surface area (Å²) in [5, 5.41) is 19.2. The number of carbonyl (C=O) groups is 1. The molecule has 1 saturated carbocycles. The van der Waals surface area contributed by atoms with Gasteiger partial charge in [-0.05, 0) is 59.6 Å². The number of pyridine rings is 1. The van der Waals surface area contributed by atoms with Gasteiger partial charge in [0, 0.05) is 42.7 Å². The number of anilines is 3. The predicted octanol–water partition coefficient (Wildman–Crippen LogP) is 3.64. The van der Waals surface area contributed by atoms with Crippen LogP contribution in [0.15, 0.2) is 18.5 Å². The van der Waals surface area contributed by atoms with Gasteiger partial charge < -0.3 is 24.5 Å². The first-order chi connectivity index (χ1) is 17.5. The Balaban J connectivity index is 1.50. The predicted molar refractivity (Wildman–Crippen MR) is 139 cm³/mol. The minimum Gasteiger partial charge on any atom is -0.444 e. The number of amides is 1. The standard InChI is InChI=1S/C27H35N7O3/c1-17-13-33(25(36)37-26(3,4)5)18(2)12-32(17)23-22-24(30-16-29-23)34(15-27(22)7-6-8-27)21-10-19(11-28)9-20(14-35)31-21/h9-10,16-18,35H,6-8,12-15H2,1-5H3/t17-,18+/m0/s1. The van der Waals surface area contributed by atoms with Crippen molar-refractivity contribution in [2.75, 3.05) is 29.4 Å². The summed E-state index contributed by atoms with van der Waals surface area (Å²) in [4.78, 5) is 33.2. The Kier molecular flexibility index (Phi) is 6.23. The molecule has 10 heteroatoms. The summed E-state index contributed by atoms with van der Waals surface area (Å²) >= 11 is 0. The van der Waals surface area contributed by atoms with Gasteiger partial charge in [0.2, 0.25) is 0 Å². The van der Waals surface area contributed by atoms with E-state index in [-0.39, 0.29) is 30.2 Å². The lowest BCUT2D eigenvalue weighted by Crippen LogP contribution is -2.59. The zero-order valence-corrected chi connectivity index (χ0v) is 22.2. The number of aliphatic hydroxyl groups excluding tert-OH is 1. The molecule has 196 valence electrons. The van der Waals surface area contributed by atoms with Crippen LogP contribution in [0.2, 0.25) is 0 Å². The molecule has 4 heterocycles. The van der Waals surface area contributed by atoms with E-state index in [2.05, 4.69) is 27.8 Å². The molecule has 1 saturated heterocycles. The highest BCUT2D eigenvalue weighted by Gasteiger charge is 2.52. The van der Waals surface area contributed by atoms with Gasteiger partial charge in [-0.25, -0.2) is 19.7 Å². The summed E-state index contributed by atoms with van der Waals surface area (Å²) in [5.74, 6) is 2.34. The molecule has 0 unspecified atom stereocenters. The number of nitrogens with zero attached hydrogens (tertiary/aromatic N) is 7. The second kappa shape index (κ2) is 9.14. The molecule has 2 atom stereocenters. The van der Waals surface area contributed by atoms with Crippen LogP contribution in [0.5, 0.6) is 0 Å². The second-order valence-corrected chi connectivity index (χ2v) is 11.6. The summed E-state index contributed by atoms with van der Waals surface area (Å²) < 4.78 is 5.66. The number of hydrogen-bond acceptors (Lipinski definition) is 9. The van der Waals surface area contributed by atoms with Gasteiger partial charge in [-0.15, -0.1) is 0 Å². The van der Waals surface area contributed by atoms with E-state index in [1.807, 2.05) is 32.6 Å². The van der Waals surface area contributed by atoms with Crippen molar-refractivity contribution >= 4 is 23.5 Å². The summed E-state index contributed by atoms with van der Waals surface area (Å²) in [6, 6.07) is 5.53. The van der Waals surface area contributed by atoms with Crippen molar-refractivity contribution in [2.45, 2.75) is 83.6 Å². The fraction of sp³-hybridized carbons (Fsp3) is 0.593. The zero-order chi connectivity index (χ0) is 26.5. The maximum Gasteiger partial charge on any atom is 0.410 e. The maximum absolute atomic E-state index is 12.9. The molecule has 1 N–H and O–H groups in total. The van der Waals surface area contributed by atoms with Gasteiger partial charge in [0.05, 0.1) is 23.9 Å². The van der Waals surface area contributed by atoms with Gasteiger partial charge in [0.15, 0.2) is 0 Å². The average Bonchev–Trinajstić information content (AvgIpc) is 3.20. The quantitative estimate of drug-likeness (QED) is 0.667. The van der Waals surface area contributed by atoms with Crippen LogP contribution in [-0.4, -0.2) is 68.4 Å². The van der Waals surface area contributed by atoms with Gasteiger partial charge >= 0.3 is 6.09 Å². The molecule has 37 heavy (non-hydrogen) atoms. The maximum atomic E-state index is 12.9.